The van der Waals surface area contributed by atoms with Crippen molar-refractivity contribution in [3.63, 3.8) is 0 Å². The smallest absolute Gasteiger partial charge is 0.248 e. The van der Waals surface area contributed by atoms with Crippen LogP contribution in [0.3, 0.4) is 0 Å². The molecule has 7 heteroatoms. The molecular formula is C24H22N4O2S. The third kappa shape index (κ3) is 5.09. The number of thiazole rings is 1. The van der Waals surface area contributed by atoms with Crippen molar-refractivity contribution >= 4 is 50.0 Å². The second-order valence-electron chi connectivity index (χ2n) is 6.83. The number of hydrogen-bond donors (Lipinski definition) is 2. The quantitative estimate of drug-likeness (QED) is 0.242. The first-order valence-electron chi connectivity index (χ1n) is 9.72. The molecule has 0 atom stereocenters. The predicted octanol–water partition coefficient (Wildman–Crippen LogP) is 5.10. The summed E-state index contributed by atoms with van der Waals surface area (Å²) in [6, 6.07) is 23.1. The van der Waals surface area contributed by atoms with E-state index >= 15 is 0 Å². The number of hydroxylamine groups is 1. The van der Waals surface area contributed by atoms with Crippen LogP contribution in [0.15, 0.2) is 78.9 Å². The lowest BCUT2D eigenvalue weighted by Crippen LogP contribution is -2.20. The summed E-state index contributed by atoms with van der Waals surface area (Å²) >= 11 is 1.59. The first-order valence-corrected chi connectivity index (χ1v) is 10.5. The lowest BCUT2D eigenvalue weighted by atomic mass is 10.1. The number of carbonyl (C=O) groups excluding carboxylic acids is 1. The van der Waals surface area contributed by atoms with Crippen LogP contribution in [-0.2, 0) is 16.2 Å². The molecule has 31 heavy (non-hydrogen) atoms. The molecule has 0 aliphatic rings. The van der Waals surface area contributed by atoms with Gasteiger partial charge in [-0.25, -0.2) is 10.0 Å². The van der Waals surface area contributed by atoms with E-state index < -0.39 is 0 Å². The standard InChI is InChI=1S/C24H22N4O2S/c1-30-28(24-27-21-8-4-5-9-22(21)31-24)16-18-12-10-17(11-13-18)14-15-23(29)26-20-7-3-2-6-19(20)25/h2-15H,16,25H2,1H3,(H,26,29)/b15-14-. The molecular weight excluding hydrogens is 408 g/mol. The fourth-order valence-corrected chi connectivity index (χ4v) is 3.98. The van der Waals surface area contributed by atoms with Crippen molar-refractivity contribution in [2.75, 3.05) is 23.2 Å². The molecule has 0 saturated carbocycles. The SMILES string of the molecule is CON(Cc1ccc(/C=C\C(=O)Nc2ccccc2N)cc1)c1nc2ccccc2s1. The number of nitrogens with zero attached hydrogens (tertiary/aromatic N) is 2. The highest BCUT2D eigenvalue weighted by atomic mass is 32.1. The lowest BCUT2D eigenvalue weighted by Gasteiger charge is -2.18. The number of benzene rings is 3. The number of nitrogens with one attached hydrogen (secondary N) is 1. The molecule has 1 heterocycles. The molecule has 1 aromatic heterocycles. The molecule has 3 N–H and O–H groups in total. The number of carbonyl (C=O) groups is 1. The number of rotatable bonds is 7. The van der Waals surface area contributed by atoms with Gasteiger partial charge >= 0.3 is 0 Å². The molecule has 4 rings (SSSR count). The molecule has 0 spiro atoms. The van der Waals surface area contributed by atoms with Gasteiger partial charge in [0, 0.05) is 6.08 Å². The molecule has 0 aliphatic carbocycles. The summed E-state index contributed by atoms with van der Waals surface area (Å²) in [5.74, 6) is -0.233. The second kappa shape index (κ2) is 9.42. The highest BCUT2D eigenvalue weighted by Gasteiger charge is 2.12. The third-order valence-corrected chi connectivity index (χ3v) is 5.71. The summed E-state index contributed by atoms with van der Waals surface area (Å²) in [5.41, 5.74) is 9.93. The Morgan fingerprint density at radius 1 is 1.10 bits per heavy atom. The van der Waals surface area contributed by atoms with Crippen molar-refractivity contribution in [3.8, 4) is 0 Å². The largest absolute Gasteiger partial charge is 0.397 e. The summed E-state index contributed by atoms with van der Waals surface area (Å²) in [7, 11) is 1.64. The Morgan fingerprint density at radius 2 is 1.84 bits per heavy atom. The van der Waals surface area contributed by atoms with E-state index in [1.807, 2.05) is 60.7 Å². The van der Waals surface area contributed by atoms with Crippen LogP contribution in [0.25, 0.3) is 16.3 Å². The molecule has 6 nitrogen and oxygen atoms in total. The van der Waals surface area contributed by atoms with Gasteiger partial charge in [0.2, 0.25) is 11.0 Å². The average Bonchev–Trinajstić information content (AvgIpc) is 3.22. The first kappa shape index (κ1) is 20.6. The Bertz CT molecular complexity index is 1180. The number of para-hydroxylation sites is 3. The van der Waals surface area contributed by atoms with E-state index in [2.05, 4.69) is 10.3 Å². The molecule has 3 aromatic carbocycles. The Kier molecular flexibility index (Phi) is 6.26. The van der Waals surface area contributed by atoms with Crippen molar-refractivity contribution in [3.05, 3.63) is 90.0 Å². The predicted molar refractivity (Wildman–Crippen MR) is 128 cm³/mol. The zero-order valence-corrected chi connectivity index (χ0v) is 17.8. The van der Waals surface area contributed by atoms with Crippen LogP contribution in [0, 0.1) is 0 Å². The third-order valence-electron chi connectivity index (χ3n) is 4.67. The number of nitrogen functional groups attached to an aromatic ring is 1. The van der Waals surface area contributed by atoms with Gasteiger partial charge in [0.05, 0.1) is 35.2 Å². The molecule has 0 aliphatic heterocycles. The van der Waals surface area contributed by atoms with Crippen LogP contribution in [0.5, 0.6) is 0 Å². The van der Waals surface area contributed by atoms with Crippen LogP contribution >= 0.6 is 11.3 Å². The van der Waals surface area contributed by atoms with E-state index in [0.717, 1.165) is 26.5 Å². The Morgan fingerprint density at radius 3 is 2.58 bits per heavy atom. The van der Waals surface area contributed by atoms with Crippen molar-refractivity contribution in [2.45, 2.75) is 6.54 Å². The molecule has 1 amide bonds. The van der Waals surface area contributed by atoms with Crippen molar-refractivity contribution in [2.24, 2.45) is 0 Å². The van der Waals surface area contributed by atoms with Gasteiger partial charge in [-0.3, -0.25) is 9.63 Å². The Hall–Kier alpha value is -3.68. The van der Waals surface area contributed by atoms with Gasteiger partial charge in [-0.15, -0.1) is 0 Å². The Balaban J connectivity index is 1.39. The fraction of sp³-hybridized carbons (Fsp3) is 0.0833. The van der Waals surface area contributed by atoms with E-state index in [1.54, 1.807) is 41.7 Å². The maximum absolute atomic E-state index is 12.1. The van der Waals surface area contributed by atoms with Crippen LogP contribution < -0.4 is 16.1 Å². The molecule has 4 aromatic rings. The van der Waals surface area contributed by atoms with Crippen LogP contribution in [0.2, 0.25) is 0 Å². The van der Waals surface area contributed by atoms with Gasteiger partial charge in [0.15, 0.2) is 0 Å². The zero-order valence-electron chi connectivity index (χ0n) is 17.0. The minimum absolute atomic E-state index is 0.233. The summed E-state index contributed by atoms with van der Waals surface area (Å²) in [4.78, 5) is 22.3. The number of amides is 1. The molecule has 0 radical (unpaired) electrons. The number of nitrogens with two attached hydrogens (primary N) is 1. The zero-order chi connectivity index (χ0) is 21.6. The highest BCUT2D eigenvalue weighted by Crippen LogP contribution is 2.29. The molecule has 156 valence electrons. The number of fused-ring (bicyclic) bond motifs is 1. The Labute approximate surface area is 184 Å². The average molecular weight is 431 g/mol. The highest BCUT2D eigenvalue weighted by molar-refractivity contribution is 7.22. The second-order valence-corrected chi connectivity index (χ2v) is 7.84. The number of aromatic nitrogens is 1. The number of anilines is 3. The van der Waals surface area contributed by atoms with Gasteiger partial charge in [-0.05, 0) is 41.5 Å². The minimum atomic E-state index is -0.233. The van der Waals surface area contributed by atoms with E-state index in [-0.39, 0.29) is 5.91 Å². The summed E-state index contributed by atoms with van der Waals surface area (Å²) in [6.45, 7) is 0.564. The summed E-state index contributed by atoms with van der Waals surface area (Å²) < 4.78 is 1.12. The first-order chi connectivity index (χ1) is 15.1. The van der Waals surface area contributed by atoms with Gasteiger partial charge < -0.3 is 11.1 Å². The van der Waals surface area contributed by atoms with Crippen LogP contribution in [-0.4, -0.2) is 18.0 Å². The van der Waals surface area contributed by atoms with E-state index in [4.69, 9.17) is 10.6 Å². The van der Waals surface area contributed by atoms with Crippen molar-refractivity contribution < 1.29 is 9.63 Å². The molecule has 0 saturated heterocycles. The number of hydrogen-bond acceptors (Lipinski definition) is 6. The van der Waals surface area contributed by atoms with E-state index in [1.165, 1.54) is 6.08 Å². The molecule has 0 bridgehead atoms. The summed E-state index contributed by atoms with van der Waals surface area (Å²) in [6.07, 6.45) is 3.25. The summed E-state index contributed by atoms with van der Waals surface area (Å²) in [5, 5.41) is 5.36. The normalized spacial score (nSPS) is 11.1. The fourth-order valence-electron chi connectivity index (χ4n) is 3.03. The molecule has 0 unspecified atom stereocenters. The van der Waals surface area contributed by atoms with Crippen molar-refractivity contribution in [1.29, 1.82) is 0 Å². The maximum atomic E-state index is 12.1. The minimum Gasteiger partial charge on any atom is -0.397 e. The van der Waals surface area contributed by atoms with Gasteiger partial charge in [0.25, 0.3) is 0 Å². The van der Waals surface area contributed by atoms with E-state index in [9.17, 15) is 4.79 Å². The topological polar surface area (TPSA) is 80.5 Å². The van der Waals surface area contributed by atoms with Crippen LogP contribution in [0.1, 0.15) is 11.1 Å². The van der Waals surface area contributed by atoms with E-state index in [0.29, 0.717) is 17.9 Å². The molecule has 0 fully saturated rings. The maximum Gasteiger partial charge on any atom is 0.248 e. The monoisotopic (exact) mass is 430 g/mol. The van der Waals surface area contributed by atoms with Gasteiger partial charge in [-0.2, -0.15) is 0 Å². The van der Waals surface area contributed by atoms with Crippen LogP contribution in [0.4, 0.5) is 16.5 Å². The lowest BCUT2D eigenvalue weighted by molar-refractivity contribution is -0.111. The van der Waals surface area contributed by atoms with Crippen molar-refractivity contribution in [1.82, 2.24) is 4.98 Å². The van der Waals surface area contributed by atoms with Gasteiger partial charge in [-0.1, -0.05) is 59.9 Å². The van der Waals surface area contributed by atoms with Gasteiger partial charge in [0.1, 0.15) is 0 Å².